The van der Waals surface area contributed by atoms with E-state index in [1.807, 2.05) is 18.2 Å². The quantitative estimate of drug-likeness (QED) is 0.675. The lowest BCUT2D eigenvalue weighted by molar-refractivity contribution is 0.399. The Hall–Kier alpha value is 0.0500. The van der Waals surface area contributed by atoms with E-state index in [0.717, 1.165) is 7.11 Å². The highest BCUT2D eigenvalue weighted by Crippen LogP contribution is 2.37. The second-order valence-corrected chi connectivity index (χ2v) is 4.15. The van der Waals surface area contributed by atoms with Crippen molar-refractivity contribution in [2.24, 2.45) is 0 Å². The average Bonchev–Trinajstić information content (AvgIpc) is 2.08. The number of benzene rings is 1. The lowest BCUT2D eigenvalue weighted by atomic mass is 10.2. The molecule has 0 atom stereocenters. The summed E-state index contributed by atoms with van der Waals surface area (Å²) in [6.07, 6.45) is 0. The molecule has 0 aliphatic heterocycles. The van der Waals surface area contributed by atoms with Gasteiger partial charge >= 0.3 is 0 Å². The fraction of sp³-hybridized carbons (Fsp3) is 0.250. The van der Waals surface area contributed by atoms with Crippen LogP contribution in [0.4, 0.5) is 0 Å². The number of aliphatic hydroxyl groups is 1. The first-order chi connectivity index (χ1) is 5.61. The Bertz CT molecular complexity index is 205. The highest BCUT2D eigenvalue weighted by Gasteiger charge is 2.21. The minimum absolute atomic E-state index is 0.694. The third kappa shape index (κ3) is 4.17. The molecule has 12 heavy (non-hydrogen) atoms. The maximum atomic E-state index is 7.00. The van der Waals surface area contributed by atoms with Crippen LogP contribution >= 0.6 is 34.8 Å². The van der Waals surface area contributed by atoms with Crippen LogP contribution in [0.3, 0.4) is 0 Å². The molecule has 1 aromatic rings. The van der Waals surface area contributed by atoms with Crippen LogP contribution in [-0.4, -0.2) is 12.2 Å². The smallest absolute Gasteiger partial charge is 0.216 e. The number of hydrogen-bond acceptors (Lipinski definition) is 1. The van der Waals surface area contributed by atoms with Gasteiger partial charge in [-0.1, -0.05) is 65.1 Å². The number of aliphatic hydroxyl groups excluding tert-OH is 1. The van der Waals surface area contributed by atoms with Gasteiger partial charge in [-0.3, -0.25) is 0 Å². The van der Waals surface area contributed by atoms with Gasteiger partial charge in [0.1, 0.15) is 0 Å². The normalized spacial score (nSPS) is 10.1. The highest BCUT2D eigenvalue weighted by molar-refractivity contribution is 6.66. The molecule has 0 aliphatic rings. The second-order valence-electron chi connectivity index (χ2n) is 1.86. The minimum atomic E-state index is -1.29. The summed E-state index contributed by atoms with van der Waals surface area (Å²) >= 11 is 16.8. The van der Waals surface area contributed by atoms with Gasteiger partial charge in [-0.2, -0.15) is 0 Å². The molecule has 1 rings (SSSR count). The monoisotopic (exact) mass is 226 g/mol. The highest BCUT2D eigenvalue weighted by atomic mass is 35.6. The third-order valence-corrected chi connectivity index (χ3v) is 1.76. The molecule has 1 nitrogen and oxygen atoms in total. The SMILES string of the molecule is CO.ClC(Cl)(Cl)c1ccccc1. The number of rotatable bonds is 0. The van der Waals surface area contributed by atoms with Gasteiger partial charge in [0, 0.05) is 12.7 Å². The molecule has 0 fully saturated rings. The summed E-state index contributed by atoms with van der Waals surface area (Å²) in [5.41, 5.74) is 0.694. The van der Waals surface area contributed by atoms with Crippen LogP contribution < -0.4 is 0 Å². The van der Waals surface area contributed by atoms with E-state index < -0.39 is 3.79 Å². The standard InChI is InChI=1S/C7H5Cl3.CH4O/c8-7(9,10)6-4-2-1-3-5-6;1-2/h1-5H;2H,1H3. The number of alkyl halides is 3. The first-order valence-corrected chi connectivity index (χ1v) is 4.31. The van der Waals surface area contributed by atoms with E-state index in [2.05, 4.69) is 0 Å². The van der Waals surface area contributed by atoms with Crippen LogP contribution in [0.2, 0.25) is 0 Å². The molecule has 0 bridgehead atoms. The summed E-state index contributed by atoms with van der Waals surface area (Å²) in [7, 11) is 1.00. The predicted octanol–water partition coefficient (Wildman–Crippen LogP) is 3.12. The zero-order valence-corrected chi connectivity index (χ0v) is 8.74. The molecule has 0 unspecified atom stereocenters. The van der Waals surface area contributed by atoms with Crippen molar-refractivity contribution in [1.29, 1.82) is 0 Å². The zero-order valence-electron chi connectivity index (χ0n) is 6.47. The largest absolute Gasteiger partial charge is 0.400 e. The van der Waals surface area contributed by atoms with Gasteiger partial charge in [-0.05, 0) is 0 Å². The van der Waals surface area contributed by atoms with E-state index in [4.69, 9.17) is 39.9 Å². The topological polar surface area (TPSA) is 20.2 Å². The molecule has 1 aromatic carbocycles. The van der Waals surface area contributed by atoms with Crippen molar-refractivity contribution in [3.05, 3.63) is 35.9 Å². The summed E-state index contributed by atoms with van der Waals surface area (Å²) < 4.78 is -1.29. The third-order valence-electron chi connectivity index (χ3n) is 1.10. The lowest BCUT2D eigenvalue weighted by Gasteiger charge is -2.09. The van der Waals surface area contributed by atoms with Gasteiger partial charge in [0.2, 0.25) is 3.79 Å². The summed E-state index contributed by atoms with van der Waals surface area (Å²) in [6.45, 7) is 0. The fourth-order valence-corrected chi connectivity index (χ4v) is 1.01. The van der Waals surface area contributed by atoms with Crippen LogP contribution in [0.25, 0.3) is 0 Å². The fourth-order valence-electron chi connectivity index (χ4n) is 0.627. The molecule has 0 aliphatic carbocycles. The summed E-state index contributed by atoms with van der Waals surface area (Å²) in [4.78, 5) is 0. The molecule has 0 amide bonds. The van der Waals surface area contributed by atoms with Gasteiger partial charge in [-0.25, -0.2) is 0 Å². The minimum Gasteiger partial charge on any atom is -0.400 e. The molecule has 0 radical (unpaired) electrons. The molecule has 0 spiro atoms. The Kier molecular flexibility index (Phi) is 5.68. The number of halogens is 3. The molecule has 0 saturated carbocycles. The lowest BCUT2D eigenvalue weighted by Crippen LogP contribution is -1.98. The van der Waals surface area contributed by atoms with E-state index in [1.54, 1.807) is 12.1 Å². The van der Waals surface area contributed by atoms with Gasteiger partial charge in [0.15, 0.2) is 0 Å². The molecular formula is C8H9Cl3O. The molecule has 4 heteroatoms. The molecule has 0 saturated heterocycles. The molecule has 1 N–H and O–H groups in total. The second kappa shape index (κ2) is 5.65. The van der Waals surface area contributed by atoms with Crippen LogP contribution in [0.5, 0.6) is 0 Å². The van der Waals surface area contributed by atoms with Crippen LogP contribution in [0, 0.1) is 0 Å². The Labute approximate surface area is 86.9 Å². The van der Waals surface area contributed by atoms with Crippen molar-refractivity contribution >= 4 is 34.8 Å². The molecule has 68 valence electrons. The average molecular weight is 228 g/mol. The van der Waals surface area contributed by atoms with Crippen molar-refractivity contribution in [3.8, 4) is 0 Å². The maximum Gasteiger partial charge on any atom is 0.216 e. The van der Waals surface area contributed by atoms with Crippen molar-refractivity contribution in [2.45, 2.75) is 3.79 Å². The van der Waals surface area contributed by atoms with Gasteiger partial charge < -0.3 is 5.11 Å². The van der Waals surface area contributed by atoms with Crippen molar-refractivity contribution in [2.75, 3.05) is 7.11 Å². The molecular weight excluding hydrogens is 218 g/mol. The Balaban J connectivity index is 0.000000561. The predicted molar refractivity (Wildman–Crippen MR) is 53.8 cm³/mol. The Morgan fingerprint density at radius 1 is 1.00 bits per heavy atom. The molecule has 0 heterocycles. The first kappa shape index (κ1) is 12.0. The molecule has 0 aromatic heterocycles. The van der Waals surface area contributed by atoms with Crippen molar-refractivity contribution < 1.29 is 5.11 Å². The zero-order chi connectivity index (χ0) is 9.61. The van der Waals surface area contributed by atoms with Gasteiger partial charge in [0.25, 0.3) is 0 Å². The van der Waals surface area contributed by atoms with E-state index >= 15 is 0 Å². The van der Waals surface area contributed by atoms with Crippen LogP contribution in [0.15, 0.2) is 30.3 Å². The van der Waals surface area contributed by atoms with E-state index in [9.17, 15) is 0 Å². The van der Waals surface area contributed by atoms with Gasteiger partial charge in [0.05, 0.1) is 0 Å². The van der Waals surface area contributed by atoms with Crippen molar-refractivity contribution in [3.63, 3.8) is 0 Å². The van der Waals surface area contributed by atoms with Crippen LogP contribution in [-0.2, 0) is 3.79 Å². The number of hydrogen-bond donors (Lipinski definition) is 1. The van der Waals surface area contributed by atoms with E-state index in [1.165, 1.54) is 0 Å². The Morgan fingerprint density at radius 3 is 1.67 bits per heavy atom. The van der Waals surface area contributed by atoms with Crippen molar-refractivity contribution in [1.82, 2.24) is 0 Å². The maximum absolute atomic E-state index is 7.00. The first-order valence-electron chi connectivity index (χ1n) is 3.17. The summed E-state index contributed by atoms with van der Waals surface area (Å²) in [5, 5.41) is 7.00. The summed E-state index contributed by atoms with van der Waals surface area (Å²) in [5.74, 6) is 0. The van der Waals surface area contributed by atoms with Gasteiger partial charge in [-0.15, -0.1) is 0 Å². The van der Waals surface area contributed by atoms with E-state index in [-0.39, 0.29) is 0 Å². The summed E-state index contributed by atoms with van der Waals surface area (Å²) in [6, 6.07) is 9.08. The Morgan fingerprint density at radius 2 is 1.42 bits per heavy atom. The van der Waals surface area contributed by atoms with E-state index in [0.29, 0.717) is 5.56 Å². The van der Waals surface area contributed by atoms with Crippen LogP contribution in [0.1, 0.15) is 5.56 Å².